The quantitative estimate of drug-likeness (QED) is 0.372. The summed E-state index contributed by atoms with van der Waals surface area (Å²) in [6.07, 6.45) is 4.70. The van der Waals surface area contributed by atoms with Gasteiger partial charge in [-0.25, -0.2) is 9.78 Å². The molecule has 2 amide bonds. The van der Waals surface area contributed by atoms with Gasteiger partial charge in [0.05, 0.1) is 24.7 Å². The summed E-state index contributed by atoms with van der Waals surface area (Å²) in [4.78, 5) is 38.0. The average molecular weight is 551 g/mol. The van der Waals surface area contributed by atoms with E-state index in [4.69, 9.17) is 9.47 Å². The van der Waals surface area contributed by atoms with E-state index in [1.54, 1.807) is 46.6 Å². The number of ether oxygens (including phenoxy) is 2. The molecular weight excluding hydrogens is 520 g/mol. The fourth-order valence-corrected chi connectivity index (χ4v) is 5.11. The number of methoxy groups -OCH3 is 1. The lowest BCUT2D eigenvalue weighted by atomic mass is 10.2. The number of hydrogen-bond acceptors (Lipinski definition) is 9. The maximum Gasteiger partial charge on any atom is 0.410 e. The highest BCUT2D eigenvalue weighted by molar-refractivity contribution is 7.12. The summed E-state index contributed by atoms with van der Waals surface area (Å²) in [5.41, 5.74) is 1.02. The van der Waals surface area contributed by atoms with Gasteiger partial charge in [0.15, 0.2) is 5.13 Å². The number of thiazole rings is 1. The van der Waals surface area contributed by atoms with Gasteiger partial charge in [0, 0.05) is 54.7 Å². The van der Waals surface area contributed by atoms with E-state index < -0.39 is 11.5 Å². The normalized spacial score (nSPS) is 13.9. The molecule has 0 bridgehead atoms. The summed E-state index contributed by atoms with van der Waals surface area (Å²) in [6.45, 7) is 7.70. The van der Waals surface area contributed by atoms with Crippen molar-refractivity contribution in [1.82, 2.24) is 19.4 Å². The smallest absolute Gasteiger partial charge is 0.410 e. The number of piperazine rings is 1. The van der Waals surface area contributed by atoms with Crippen molar-refractivity contribution in [1.29, 1.82) is 0 Å². The van der Waals surface area contributed by atoms with Gasteiger partial charge >= 0.3 is 6.09 Å². The molecule has 4 heterocycles. The highest BCUT2D eigenvalue weighted by Gasteiger charge is 2.27. The first-order valence-corrected chi connectivity index (χ1v) is 13.3. The molecule has 0 spiro atoms. The van der Waals surface area contributed by atoms with E-state index in [1.807, 2.05) is 39.0 Å². The van der Waals surface area contributed by atoms with Crippen molar-refractivity contribution in [3.8, 4) is 16.8 Å². The minimum Gasteiger partial charge on any atom is -0.497 e. The van der Waals surface area contributed by atoms with Crippen molar-refractivity contribution in [2.24, 2.45) is 0 Å². The van der Waals surface area contributed by atoms with Crippen LogP contribution in [0.1, 0.15) is 31.3 Å². The second kappa shape index (κ2) is 10.4. The molecule has 4 aromatic rings. The van der Waals surface area contributed by atoms with Crippen molar-refractivity contribution in [2.45, 2.75) is 26.4 Å². The summed E-state index contributed by atoms with van der Waals surface area (Å²) in [5, 5.41) is 17.2. The topological polar surface area (TPSA) is 122 Å². The van der Waals surface area contributed by atoms with Gasteiger partial charge in [0.25, 0.3) is 5.91 Å². The first-order valence-electron chi connectivity index (χ1n) is 12.4. The van der Waals surface area contributed by atoms with Crippen LogP contribution in [0, 0.1) is 0 Å². The number of benzene rings is 1. The van der Waals surface area contributed by atoms with Crippen LogP contribution in [0.3, 0.4) is 0 Å². The molecule has 39 heavy (non-hydrogen) atoms. The van der Waals surface area contributed by atoms with Gasteiger partial charge in [-0.2, -0.15) is 0 Å². The molecule has 0 unspecified atom stereocenters. The first kappa shape index (κ1) is 26.3. The zero-order valence-electron chi connectivity index (χ0n) is 22.2. The largest absolute Gasteiger partial charge is 0.497 e. The third-order valence-electron chi connectivity index (χ3n) is 6.25. The van der Waals surface area contributed by atoms with Gasteiger partial charge in [-0.1, -0.05) is 0 Å². The maximum atomic E-state index is 13.1. The van der Waals surface area contributed by atoms with Crippen LogP contribution in [0.15, 0.2) is 48.2 Å². The summed E-state index contributed by atoms with van der Waals surface area (Å²) < 4.78 is 12.3. The molecule has 2 N–H and O–H groups in total. The van der Waals surface area contributed by atoms with Crippen LogP contribution in [0.25, 0.3) is 15.9 Å². The monoisotopic (exact) mass is 550 g/mol. The standard InChI is InChI=1S/C27H30N6O5S/c1-27(2,3)38-26(36)32-11-9-31(10-12-32)22-7-8-28-14-20(22)29-23(34)21-16-39-25(30-21)33-15-17-5-6-18(37-4)13-19(17)24(33)35/h5-8,13-16,35H,9-12H2,1-4H3,(H,29,34). The van der Waals surface area contributed by atoms with E-state index in [9.17, 15) is 14.7 Å². The number of nitrogens with one attached hydrogen (secondary N) is 1. The molecule has 12 heteroatoms. The van der Waals surface area contributed by atoms with Gasteiger partial charge in [-0.05, 0) is 45.0 Å². The number of amides is 2. The van der Waals surface area contributed by atoms with Crippen LogP contribution in [0.4, 0.5) is 16.2 Å². The highest BCUT2D eigenvalue weighted by Crippen LogP contribution is 2.34. The Morgan fingerprint density at radius 2 is 1.90 bits per heavy atom. The minimum absolute atomic E-state index is 0.0188. The lowest BCUT2D eigenvalue weighted by Crippen LogP contribution is -2.50. The molecule has 5 rings (SSSR count). The van der Waals surface area contributed by atoms with Crippen molar-refractivity contribution >= 4 is 45.5 Å². The summed E-state index contributed by atoms with van der Waals surface area (Å²) in [7, 11) is 1.57. The van der Waals surface area contributed by atoms with Crippen molar-refractivity contribution in [3.63, 3.8) is 0 Å². The van der Waals surface area contributed by atoms with E-state index in [0.717, 1.165) is 11.1 Å². The fraction of sp³-hybridized carbons (Fsp3) is 0.333. The van der Waals surface area contributed by atoms with Crippen molar-refractivity contribution in [3.05, 3.63) is 53.9 Å². The predicted molar refractivity (Wildman–Crippen MR) is 149 cm³/mol. The number of nitrogens with zero attached hydrogens (tertiary/aromatic N) is 5. The van der Waals surface area contributed by atoms with Gasteiger partial charge in [-0.3, -0.25) is 14.3 Å². The number of rotatable bonds is 5. The third kappa shape index (κ3) is 5.60. The Morgan fingerprint density at radius 1 is 1.13 bits per heavy atom. The van der Waals surface area contributed by atoms with E-state index in [2.05, 4.69) is 20.2 Å². The summed E-state index contributed by atoms with van der Waals surface area (Å²) in [5.74, 6) is 0.260. The lowest BCUT2D eigenvalue weighted by molar-refractivity contribution is 0.0240. The number of pyridine rings is 1. The molecule has 1 aliphatic rings. The van der Waals surface area contributed by atoms with Crippen LogP contribution in [-0.2, 0) is 4.74 Å². The molecule has 1 saturated heterocycles. The maximum absolute atomic E-state index is 13.1. The molecule has 204 valence electrons. The molecule has 1 aliphatic heterocycles. The van der Waals surface area contributed by atoms with Gasteiger partial charge in [-0.15, -0.1) is 11.3 Å². The minimum atomic E-state index is -0.548. The summed E-state index contributed by atoms with van der Waals surface area (Å²) >= 11 is 1.24. The van der Waals surface area contributed by atoms with Gasteiger partial charge < -0.3 is 29.7 Å². The molecule has 0 aliphatic carbocycles. The number of carbonyl (C=O) groups excluding carboxylic acids is 2. The van der Waals surface area contributed by atoms with E-state index in [0.29, 0.717) is 48.1 Å². The van der Waals surface area contributed by atoms with Crippen molar-refractivity contribution in [2.75, 3.05) is 43.5 Å². The average Bonchev–Trinajstić information content (AvgIpc) is 3.53. The van der Waals surface area contributed by atoms with Crippen LogP contribution < -0.4 is 15.0 Å². The number of anilines is 2. The second-order valence-electron chi connectivity index (χ2n) is 10.1. The number of aromatic hydroxyl groups is 1. The van der Waals surface area contributed by atoms with Crippen LogP contribution in [0.2, 0.25) is 0 Å². The molecule has 0 radical (unpaired) electrons. The molecule has 0 atom stereocenters. The van der Waals surface area contributed by atoms with Crippen LogP contribution in [-0.4, -0.2) is 75.4 Å². The Balaban J connectivity index is 1.29. The number of carbonyl (C=O) groups is 2. The molecule has 0 saturated carbocycles. The second-order valence-corrected chi connectivity index (χ2v) is 10.9. The van der Waals surface area contributed by atoms with Gasteiger partial charge in [0.2, 0.25) is 5.88 Å². The van der Waals surface area contributed by atoms with E-state index in [1.165, 1.54) is 11.3 Å². The molecule has 3 aromatic heterocycles. The number of hydrogen-bond donors (Lipinski definition) is 2. The van der Waals surface area contributed by atoms with Crippen LogP contribution in [0.5, 0.6) is 11.6 Å². The van der Waals surface area contributed by atoms with Gasteiger partial charge in [0.1, 0.15) is 17.0 Å². The Kier molecular flexibility index (Phi) is 7.04. The molecule has 11 nitrogen and oxygen atoms in total. The summed E-state index contributed by atoms with van der Waals surface area (Å²) in [6, 6.07) is 7.25. The predicted octanol–water partition coefficient (Wildman–Crippen LogP) is 4.51. The molecular formula is C27H30N6O5S. The zero-order chi connectivity index (χ0) is 27.7. The molecule has 1 fully saturated rings. The third-order valence-corrected chi connectivity index (χ3v) is 7.09. The molecule has 1 aromatic carbocycles. The number of aromatic nitrogens is 3. The SMILES string of the molecule is COc1ccc2cn(-c3nc(C(=O)Nc4cnccc4N4CCN(C(=O)OC(C)(C)C)CC4)cs3)c(O)c2c1. The zero-order valence-corrected chi connectivity index (χ0v) is 23.0. The van der Waals surface area contributed by atoms with Crippen LogP contribution >= 0.6 is 11.3 Å². The lowest BCUT2D eigenvalue weighted by Gasteiger charge is -2.37. The first-order chi connectivity index (χ1) is 18.6. The van der Waals surface area contributed by atoms with E-state index >= 15 is 0 Å². The highest BCUT2D eigenvalue weighted by atomic mass is 32.1. The number of fused-ring (bicyclic) bond motifs is 1. The van der Waals surface area contributed by atoms with E-state index in [-0.39, 0.29) is 17.7 Å². The Morgan fingerprint density at radius 3 is 2.62 bits per heavy atom. The Labute approximate surface area is 229 Å². The Hall–Kier alpha value is -4.32. The Bertz CT molecular complexity index is 1520. The van der Waals surface area contributed by atoms with Crippen molar-refractivity contribution < 1.29 is 24.2 Å². The fourth-order valence-electron chi connectivity index (χ4n) is 4.33.